The van der Waals surface area contributed by atoms with E-state index in [1.807, 2.05) is 51.1 Å². The molecule has 1 aromatic heterocycles. The molecule has 3 aromatic rings. The number of halogens is 3. The highest BCUT2D eigenvalue weighted by atomic mass is 19.4. The maximum Gasteiger partial charge on any atom is 0.419 e. The number of nitrogens with two attached hydrogens (primary N) is 1. The van der Waals surface area contributed by atoms with Crippen molar-refractivity contribution in [3.63, 3.8) is 0 Å². The number of aryl methyl sites for hydroxylation is 2. The quantitative estimate of drug-likeness (QED) is 0.288. The Hall–Kier alpha value is -3.46. The van der Waals surface area contributed by atoms with Crippen LogP contribution < -0.4 is 16.4 Å². The SMILES string of the molecule is CC.CCC(C(N)=O)c1ccccc1CCc1nc(Nc2ccc(C3CCNCC3)cc2)ncc1C(F)(F)F. The summed E-state index contributed by atoms with van der Waals surface area (Å²) >= 11 is 0. The number of nitrogens with one attached hydrogen (secondary N) is 2. The van der Waals surface area contributed by atoms with Gasteiger partial charge in [-0.2, -0.15) is 13.2 Å². The lowest BCUT2D eigenvalue weighted by Gasteiger charge is -2.23. The van der Waals surface area contributed by atoms with Gasteiger partial charge in [-0.05, 0) is 79.9 Å². The third-order valence-electron chi connectivity index (χ3n) is 6.96. The van der Waals surface area contributed by atoms with Crippen LogP contribution in [-0.2, 0) is 23.8 Å². The first-order valence-electron chi connectivity index (χ1n) is 13.6. The molecule has 0 radical (unpaired) electrons. The molecule has 1 saturated heterocycles. The van der Waals surface area contributed by atoms with Gasteiger partial charge in [0.25, 0.3) is 0 Å². The summed E-state index contributed by atoms with van der Waals surface area (Å²) < 4.78 is 41.3. The van der Waals surface area contributed by atoms with Gasteiger partial charge in [-0.1, -0.05) is 57.2 Å². The Morgan fingerprint density at radius 1 is 1.08 bits per heavy atom. The number of carbonyl (C=O) groups excluding carboxylic acids is 1. The average Bonchev–Trinajstić information content (AvgIpc) is 2.94. The minimum absolute atomic E-state index is 0.0346. The number of alkyl halides is 3. The smallest absolute Gasteiger partial charge is 0.369 e. The van der Waals surface area contributed by atoms with E-state index in [0.29, 0.717) is 18.0 Å². The third-order valence-corrected chi connectivity index (χ3v) is 6.96. The Kier molecular flexibility index (Phi) is 10.9. The second-order valence-corrected chi connectivity index (χ2v) is 9.39. The van der Waals surface area contributed by atoms with Gasteiger partial charge in [0.05, 0.1) is 17.2 Å². The second kappa shape index (κ2) is 14.1. The van der Waals surface area contributed by atoms with Crippen LogP contribution in [0.3, 0.4) is 0 Å². The zero-order chi connectivity index (χ0) is 28.4. The number of rotatable bonds is 9. The van der Waals surface area contributed by atoms with E-state index in [0.717, 1.165) is 43.3 Å². The number of carbonyl (C=O) groups is 1. The van der Waals surface area contributed by atoms with E-state index in [2.05, 4.69) is 20.6 Å². The first kappa shape index (κ1) is 30.1. The van der Waals surface area contributed by atoms with Crippen LogP contribution in [0.5, 0.6) is 0 Å². The maximum absolute atomic E-state index is 13.8. The molecule has 0 spiro atoms. The number of hydrogen-bond donors (Lipinski definition) is 3. The van der Waals surface area contributed by atoms with E-state index in [4.69, 9.17) is 5.73 Å². The van der Waals surface area contributed by atoms with Crippen molar-refractivity contribution < 1.29 is 18.0 Å². The lowest BCUT2D eigenvalue weighted by atomic mass is 9.89. The fraction of sp³-hybridized carbons (Fsp3) is 0.433. The summed E-state index contributed by atoms with van der Waals surface area (Å²) in [7, 11) is 0. The van der Waals surface area contributed by atoms with Gasteiger partial charge >= 0.3 is 6.18 Å². The summed E-state index contributed by atoms with van der Waals surface area (Å²) in [5.74, 6) is -0.331. The van der Waals surface area contributed by atoms with Crippen LogP contribution in [-0.4, -0.2) is 29.0 Å². The highest BCUT2D eigenvalue weighted by Crippen LogP contribution is 2.33. The van der Waals surface area contributed by atoms with Crippen LogP contribution in [0, 0.1) is 0 Å². The molecule has 0 bridgehead atoms. The Morgan fingerprint density at radius 2 is 1.74 bits per heavy atom. The van der Waals surface area contributed by atoms with Gasteiger partial charge in [0.2, 0.25) is 11.9 Å². The number of nitrogens with zero attached hydrogens (tertiary/aromatic N) is 2. The molecule has 1 aliphatic rings. The molecule has 1 unspecified atom stereocenters. The third kappa shape index (κ3) is 8.02. The lowest BCUT2D eigenvalue weighted by molar-refractivity contribution is -0.138. The minimum Gasteiger partial charge on any atom is -0.369 e. The first-order valence-corrected chi connectivity index (χ1v) is 13.6. The average molecular weight is 542 g/mol. The van der Waals surface area contributed by atoms with Crippen molar-refractivity contribution in [1.29, 1.82) is 0 Å². The number of benzene rings is 2. The van der Waals surface area contributed by atoms with Crippen molar-refractivity contribution in [2.24, 2.45) is 5.73 Å². The van der Waals surface area contributed by atoms with Crippen LogP contribution >= 0.6 is 0 Å². The van der Waals surface area contributed by atoms with Gasteiger partial charge < -0.3 is 16.4 Å². The van der Waals surface area contributed by atoms with Crippen molar-refractivity contribution >= 4 is 17.5 Å². The molecular weight excluding hydrogens is 503 g/mol. The van der Waals surface area contributed by atoms with Crippen LogP contribution in [0.1, 0.15) is 79.8 Å². The molecule has 0 aliphatic carbocycles. The molecule has 39 heavy (non-hydrogen) atoms. The predicted octanol–water partition coefficient (Wildman–Crippen LogP) is 6.50. The van der Waals surface area contributed by atoms with E-state index in [1.54, 1.807) is 18.2 Å². The van der Waals surface area contributed by atoms with E-state index in [1.165, 1.54) is 5.56 Å². The number of primary amides is 1. The van der Waals surface area contributed by atoms with Gasteiger partial charge in [-0.25, -0.2) is 9.97 Å². The summed E-state index contributed by atoms with van der Waals surface area (Å²) in [6.07, 6.45) is -0.754. The van der Waals surface area contributed by atoms with Gasteiger partial charge in [0.1, 0.15) is 0 Å². The largest absolute Gasteiger partial charge is 0.419 e. The van der Waals surface area contributed by atoms with Crippen LogP contribution in [0.2, 0.25) is 0 Å². The van der Waals surface area contributed by atoms with Crippen molar-refractivity contribution in [2.75, 3.05) is 18.4 Å². The molecule has 4 N–H and O–H groups in total. The Labute approximate surface area is 228 Å². The fourth-order valence-electron chi connectivity index (χ4n) is 4.96. The number of piperidine rings is 1. The van der Waals surface area contributed by atoms with E-state index >= 15 is 0 Å². The highest BCUT2D eigenvalue weighted by Gasteiger charge is 2.35. The van der Waals surface area contributed by atoms with Gasteiger partial charge in [-0.3, -0.25) is 4.79 Å². The summed E-state index contributed by atoms with van der Waals surface area (Å²) in [6.45, 7) is 7.85. The summed E-state index contributed by atoms with van der Waals surface area (Å²) in [6, 6.07) is 15.1. The molecule has 2 heterocycles. The minimum atomic E-state index is -4.58. The van der Waals surface area contributed by atoms with Gasteiger partial charge in [-0.15, -0.1) is 0 Å². The number of anilines is 2. The molecule has 1 fully saturated rings. The molecule has 1 amide bonds. The van der Waals surface area contributed by atoms with Gasteiger partial charge in [0, 0.05) is 11.9 Å². The maximum atomic E-state index is 13.8. The van der Waals surface area contributed by atoms with Crippen molar-refractivity contribution in [3.05, 3.63) is 82.7 Å². The van der Waals surface area contributed by atoms with E-state index in [9.17, 15) is 18.0 Å². The van der Waals surface area contributed by atoms with Crippen LogP contribution in [0.4, 0.5) is 24.8 Å². The second-order valence-electron chi connectivity index (χ2n) is 9.39. The van der Waals surface area contributed by atoms with E-state index in [-0.39, 0.29) is 24.5 Å². The zero-order valence-corrected chi connectivity index (χ0v) is 22.8. The van der Waals surface area contributed by atoms with Crippen molar-refractivity contribution in [2.45, 2.75) is 70.9 Å². The van der Waals surface area contributed by atoms with E-state index < -0.39 is 23.6 Å². The first-order chi connectivity index (χ1) is 18.8. The zero-order valence-electron chi connectivity index (χ0n) is 22.8. The van der Waals surface area contributed by atoms with Crippen molar-refractivity contribution in [1.82, 2.24) is 15.3 Å². The van der Waals surface area contributed by atoms with Crippen LogP contribution in [0.25, 0.3) is 0 Å². The predicted molar refractivity (Wildman–Crippen MR) is 149 cm³/mol. The fourth-order valence-corrected chi connectivity index (χ4v) is 4.96. The molecule has 1 aliphatic heterocycles. The number of aromatic nitrogens is 2. The lowest BCUT2D eigenvalue weighted by Crippen LogP contribution is -2.26. The topological polar surface area (TPSA) is 92.9 Å². The standard InChI is InChI=1S/C28H32F3N5O.C2H6/c1-2-22(26(32)37)23-6-4-3-5-20(23)9-12-25-24(28(29,30)31)17-34-27(36-25)35-21-10-7-18(8-11-21)19-13-15-33-16-14-19;1-2/h3-8,10-11,17,19,22,33H,2,9,12-16H2,1H3,(H2,32,37)(H,34,35,36);1-2H3. The molecule has 9 heteroatoms. The molecule has 6 nitrogen and oxygen atoms in total. The molecule has 2 aromatic carbocycles. The molecular formula is C30H38F3N5O. The number of hydrogen-bond acceptors (Lipinski definition) is 5. The Bertz CT molecular complexity index is 1210. The summed E-state index contributed by atoms with van der Waals surface area (Å²) in [5, 5.41) is 6.40. The molecule has 0 saturated carbocycles. The summed E-state index contributed by atoms with van der Waals surface area (Å²) in [4.78, 5) is 20.1. The highest BCUT2D eigenvalue weighted by molar-refractivity contribution is 5.82. The van der Waals surface area contributed by atoms with Crippen molar-refractivity contribution in [3.8, 4) is 0 Å². The Morgan fingerprint density at radius 3 is 2.36 bits per heavy atom. The molecule has 1 atom stereocenters. The van der Waals surface area contributed by atoms with Gasteiger partial charge in [0.15, 0.2) is 0 Å². The normalized spacial score (nSPS) is 14.7. The molecule has 4 rings (SSSR count). The molecule has 210 valence electrons. The Balaban J connectivity index is 0.00000205. The number of amides is 1. The van der Waals surface area contributed by atoms with Crippen LogP contribution in [0.15, 0.2) is 54.7 Å². The monoisotopic (exact) mass is 541 g/mol. The summed E-state index contributed by atoms with van der Waals surface area (Å²) in [5.41, 5.74) is 8.08.